The van der Waals surface area contributed by atoms with Crippen LogP contribution in [-0.2, 0) is 0 Å². The molecule has 0 aliphatic heterocycles. The van der Waals surface area contributed by atoms with Crippen molar-refractivity contribution in [2.75, 3.05) is 5.33 Å². The minimum Gasteiger partial charge on any atom is -0.0883 e. The summed E-state index contributed by atoms with van der Waals surface area (Å²) in [6.45, 7) is 13.4. The average molecular weight is 422 g/mol. The van der Waals surface area contributed by atoms with E-state index in [4.69, 9.17) is 0 Å². The maximum Gasteiger partial charge on any atom is 0.0214 e. The van der Waals surface area contributed by atoms with Gasteiger partial charge in [-0.3, -0.25) is 0 Å². The minimum absolute atomic E-state index is 0.968. The van der Waals surface area contributed by atoms with Crippen molar-refractivity contribution in [1.82, 2.24) is 0 Å². The van der Waals surface area contributed by atoms with E-state index in [-0.39, 0.29) is 0 Å². The molecule has 0 N–H and O–H groups in total. The molecule has 0 amide bonds. The molecule has 0 rings (SSSR count). The lowest BCUT2D eigenvalue weighted by Crippen LogP contribution is -1.83. The first-order chi connectivity index (χ1) is 12.3. The zero-order valence-corrected chi connectivity index (χ0v) is 19.7. The molecule has 0 fully saturated rings. The van der Waals surface area contributed by atoms with E-state index in [0.29, 0.717) is 0 Å². The lowest BCUT2D eigenvalue weighted by Gasteiger charge is -2.03. The third-order valence-corrected chi connectivity index (χ3v) is 4.94. The Hall–Kier alpha value is -0.820. The number of rotatable bonds is 13. The zero-order valence-electron chi connectivity index (χ0n) is 18.1. The second-order valence-electron chi connectivity index (χ2n) is 7.79. The van der Waals surface area contributed by atoms with E-state index in [0.717, 1.165) is 5.33 Å². The largest absolute Gasteiger partial charge is 0.0883 e. The second kappa shape index (κ2) is 16.4. The van der Waals surface area contributed by atoms with Crippen LogP contribution in [0.5, 0.6) is 0 Å². The molecular weight excluding hydrogens is 380 g/mol. The summed E-state index contributed by atoms with van der Waals surface area (Å²) in [5.41, 5.74) is 7.48. The van der Waals surface area contributed by atoms with Crippen LogP contribution in [0.15, 0.2) is 58.2 Å². The third-order valence-electron chi connectivity index (χ3n) is 4.61. The Morgan fingerprint density at radius 1 is 0.500 bits per heavy atom. The van der Waals surface area contributed by atoms with Gasteiger partial charge in [0.05, 0.1) is 0 Å². The van der Waals surface area contributed by atoms with Gasteiger partial charge in [-0.05, 0) is 92.9 Å². The van der Waals surface area contributed by atoms with Crippen molar-refractivity contribution in [3.63, 3.8) is 0 Å². The summed E-state index contributed by atoms with van der Waals surface area (Å²) in [6.07, 6.45) is 21.3. The van der Waals surface area contributed by atoms with Crippen LogP contribution in [0, 0.1) is 0 Å². The second-order valence-corrected chi connectivity index (χ2v) is 8.44. The normalized spacial score (nSPS) is 14.0. The molecule has 0 bridgehead atoms. The molecule has 0 aromatic heterocycles. The van der Waals surface area contributed by atoms with Crippen LogP contribution in [-0.4, -0.2) is 5.33 Å². The molecule has 0 saturated heterocycles. The molecule has 1 heteroatoms. The van der Waals surface area contributed by atoms with Crippen molar-refractivity contribution in [1.29, 1.82) is 0 Å². The molecule has 0 aromatic rings. The highest BCUT2D eigenvalue weighted by atomic mass is 79.9. The summed E-state index contributed by atoms with van der Waals surface area (Å²) in [5, 5.41) is 0.968. The first-order valence-electron chi connectivity index (χ1n) is 10.2. The third kappa shape index (κ3) is 16.6. The molecule has 0 aliphatic carbocycles. The van der Waals surface area contributed by atoms with Gasteiger partial charge < -0.3 is 0 Å². The SMILES string of the molecule is CC(C)=CCCC(C)=CCCC(C)=CCCC(C)=CCCC(C)=CCBr. The molecule has 0 atom stereocenters. The summed E-state index contributed by atoms with van der Waals surface area (Å²) in [5.74, 6) is 0. The molecule has 0 saturated carbocycles. The van der Waals surface area contributed by atoms with Crippen LogP contribution >= 0.6 is 15.9 Å². The van der Waals surface area contributed by atoms with E-state index in [1.807, 2.05) is 0 Å². The quantitative estimate of drug-likeness (QED) is 0.205. The van der Waals surface area contributed by atoms with Crippen LogP contribution in [0.1, 0.15) is 92.9 Å². The molecule has 0 spiro atoms. The summed E-state index contributed by atoms with van der Waals surface area (Å²) in [4.78, 5) is 0. The monoisotopic (exact) mass is 420 g/mol. The number of allylic oxidation sites excluding steroid dienone is 10. The van der Waals surface area contributed by atoms with Crippen LogP contribution in [0.2, 0.25) is 0 Å². The summed E-state index contributed by atoms with van der Waals surface area (Å²) >= 11 is 3.46. The number of hydrogen-bond acceptors (Lipinski definition) is 0. The van der Waals surface area contributed by atoms with Gasteiger partial charge in [0.15, 0.2) is 0 Å². The highest BCUT2D eigenvalue weighted by Gasteiger charge is 1.94. The van der Waals surface area contributed by atoms with E-state index >= 15 is 0 Å². The topological polar surface area (TPSA) is 0 Å². The predicted molar refractivity (Wildman–Crippen MR) is 125 cm³/mol. The Kier molecular flexibility index (Phi) is 15.8. The Morgan fingerprint density at radius 2 is 0.808 bits per heavy atom. The summed E-state index contributed by atoms with van der Waals surface area (Å²) < 4.78 is 0. The van der Waals surface area contributed by atoms with Gasteiger partial charge in [-0.25, -0.2) is 0 Å². The predicted octanol–water partition coefficient (Wildman–Crippen LogP) is 9.25. The molecule has 0 radical (unpaired) electrons. The average Bonchev–Trinajstić information content (AvgIpc) is 2.54. The Bertz CT molecular complexity index is 522. The Morgan fingerprint density at radius 3 is 1.12 bits per heavy atom. The maximum absolute atomic E-state index is 3.46. The fourth-order valence-electron chi connectivity index (χ4n) is 2.77. The summed E-state index contributed by atoms with van der Waals surface area (Å²) in [6, 6.07) is 0. The van der Waals surface area contributed by atoms with Gasteiger partial charge in [-0.1, -0.05) is 74.2 Å². The van der Waals surface area contributed by atoms with Gasteiger partial charge in [0.2, 0.25) is 0 Å². The minimum atomic E-state index is 0.968. The van der Waals surface area contributed by atoms with E-state index < -0.39 is 0 Å². The molecule has 26 heavy (non-hydrogen) atoms. The lowest BCUT2D eigenvalue weighted by atomic mass is 10.0. The van der Waals surface area contributed by atoms with Gasteiger partial charge in [-0.15, -0.1) is 0 Å². The van der Waals surface area contributed by atoms with E-state index in [9.17, 15) is 0 Å². The Labute approximate surface area is 172 Å². The van der Waals surface area contributed by atoms with Crippen molar-refractivity contribution in [2.24, 2.45) is 0 Å². The van der Waals surface area contributed by atoms with Crippen molar-refractivity contribution >= 4 is 15.9 Å². The van der Waals surface area contributed by atoms with E-state index in [2.05, 4.69) is 87.9 Å². The van der Waals surface area contributed by atoms with Crippen LogP contribution in [0.25, 0.3) is 0 Å². The fraction of sp³-hybridized carbons (Fsp3) is 0.600. The molecule has 0 heterocycles. The van der Waals surface area contributed by atoms with Crippen molar-refractivity contribution in [2.45, 2.75) is 92.9 Å². The van der Waals surface area contributed by atoms with E-state index in [1.54, 1.807) is 0 Å². The number of hydrogen-bond donors (Lipinski definition) is 0. The highest BCUT2D eigenvalue weighted by molar-refractivity contribution is 9.09. The first kappa shape index (κ1) is 25.2. The Balaban J connectivity index is 4.03. The smallest absolute Gasteiger partial charge is 0.0214 e. The molecule has 0 nitrogen and oxygen atoms in total. The number of halogens is 1. The van der Waals surface area contributed by atoms with Gasteiger partial charge in [0.25, 0.3) is 0 Å². The number of alkyl halides is 1. The van der Waals surface area contributed by atoms with Crippen LogP contribution < -0.4 is 0 Å². The first-order valence-corrected chi connectivity index (χ1v) is 11.3. The van der Waals surface area contributed by atoms with Crippen molar-refractivity contribution in [3.8, 4) is 0 Å². The molecule has 0 aromatic carbocycles. The fourth-order valence-corrected chi connectivity index (χ4v) is 3.32. The van der Waals surface area contributed by atoms with Crippen LogP contribution in [0.3, 0.4) is 0 Å². The van der Waals surface area contributed by atoms with Crippen LogP contribution in [0.4, 0.5) is 0 Å². The molecular formula is C25H41Br. The highest BCUT2D eigenvalue weighted by Crippen LogP contribution is 2.14. The van der Waals surface area contributed by atoms with Gasteiger partial charge in [0.1, 0.15) is 0 Å². The van der Waals surface area contributed by atoms with Gasteiger partial charge in [-0.2, -0.15) is 0 Å². The van der Waals surface area contributed by atoms with Crippen molar-refractivity contribution < 1.29 is 0 Å². The maximum atomic E-state index is 3.46. The zero-order chi connectivity index (χ0) is 19.8. The molecule has 148 valence electrons. The van der Waals surface area contributed by atoms with Gasteiger partial charge >= 0.3 is 0 Å². The van der Waals surface area contributed by atoms with Crippen molar-refractivity contribution in [3.05, 3.63) is 58.2 Å². The summed E-state index contributed by atoms with van der Waals surface area (Å²) in [7, 11) is 0. The molecule has 0 unspecified atom stereocenters. The van der Waals surface area contributed by atoms with E-state index in [1.165, 1.54) is 79.2 Å². The molecule has 0 aliphatic rings. The lowest BCUT2D eigenvalue weighted by molar-refractivity contribution is 0.891. The van der Waals surface area contributed by atoms with Gasteiger partial charge in [0, 0.05) is 5.33 Å². The standard InChI is InChI=1S/C25H41Br/c1-21(2)11-7-12-22(3)13-8-14-23(4)15-9-16-24(5)17-10-18-25(6)19-20-26/h11,13,15,17,19H,7-10,12,14,16,18,20H2,1-6H3.